The first-order valence-electron chi connectivity index (χ1n) is 6.17. The van der Waals surface area contributed by atoms with Crippen LogP contribution in [-0.2, 0) is 6.54 Å². The SMILES string of the molecule is CCCn1nc(C)c([N+](=O)[O-])c1OCCNCC. The molecule has 1 heterocycles. The Labute approximate surface area is 106 Å². The zero-order valence-corrected chi connectivity index (χ0v) is 11.1. The lowest BCUT2D eigenvalue weighted by Crippen LogP contribution is -2.21. The van der Waals surface area contributed by atoms with E-state index < -0.39 is 4.92 Å². The monoisotopic (exact) mass is 256 g/mol. The lowest BCUT2D eigenvalue weighted by Gasteiger charge is -2.07. The van der Waals surface area contributed by atoms with Gasteiger partial charge in [0.25, 0.3) is 5.88 Å². The summed E-state index contributed by atoms with van der Waals surface area (Å²) in [6.45, 7) is 8.12. The largest absolute Gasteiger partial charge is 0.472 e. The maximum absolute atomic E-state index is 11.0. The zero-order valence-electron chi connectivity index (χ0n) is 11.1. The van der Waals surface area contributed by atoms with Gasteiger partial charge in [0.05, 0.1) is 4.92 Å². The van der Waals surface area contributed by atoms with Gasteiger partial charge in [-0.15, -0.1) is 0 Å². The van der Waals surface area contributed by atoms with Gasteiger partial charge in [0.15, 0.2) is 0 Å². The molecule has 102 valence electrons. The number of hydrogen-bond acceptors (Lipinski definition) is 5. The molecule has 0 saturated carbocycles. The first-order chi connectivity index (χ1) is 8.61. The molecule has 0 radical (unpaired) electrons. The van der Waals surface area contributed by atoms with E-state index in [0.29, 0.717) is 25.4 Å². The average Bonchev–Trinajstić information content (AvgIpc) is 2.62. The van der Waals surface area contributed by atoms with Gasteiger partial charge in [-0.25, -0.2) is 4.68 Å². The van der Waals surface area contributed by atoms with E-state index in [0.717, 1.165) is 13.0 Å². The average molecular weight is 256 g/mol. The molecule has 0 aromatic carbocycles. The van der Waals surface area contributed by atoms with Crippen LogP contribution in [0.1, 0.15) is 26.0 Å². The van der Waals surface area contributed by atoms with Crippen LogP contribution in [-0.4, -0.2) is 34.4 Å². The highest BCUT2D eigenvalue weighted by Gasteiger charge is 2.26. The van der Waals surface area contributed by atoms with Crippen molar-refractivity contribution < 1.29 is 9.66 Å². The van der Waals surface area contributed by atoms with Crippen LogP contribution in [0.25, 0.3) is 0 Å². The summed E-state index contributed by atoms with van der Waals surface area (Å²) in [4.78, 5) is 10.6. The van der Waals surface area contributed by atoms with Crippen molar-refractivity contribution in [3.63, 3.8) is 0 Å². The van der Waals surface area contributed by atoms with Gasteiger partial charge in [0.1, 0.15) is 12.3 Å². The Morgan fingerprint density at radius 3 is 2.78 bits per heavy atom. The zero-order chi connectivity index (χ0) is 13.5. The minimum atomic E-state index is -0.433. The fourth-order valence-electron chi connectivity index (χ4n) is 1.66. The number of nitrogens with zero attached hydrogens (tertiary/aromatic N) is 3. The minimum absolute atomic E-state index is 0.0278. The van der Waals surface area contributed by atoms with E-state index in [1.54, 1.807) is 11.6 Å². The Morgan fingerprint density at radius 1 is 1.50 bits per heavy atom. The molecule has 0 aliphatic carbocycles. The Kier molecular flexibility index (Phi) is 5.57. The lowest BCUT2D eigenvalue weighted by molar-refractivity contribution is -0.386. The highest BCUT2D eigenvalue weighted by molar-refractivity contribution is 5.45. The summed E-state index contributed by atoms with van der Waals surface area (Å²) in [5, 5.41) is 18.3. The fourth-order valence-corrected chi connectivity index (χ4v) is 1.66. The third kappa shape index (κ3) is 3.43. The number of rotatable bonds is 8. The molecule has 18 heavy (non-hydrogen) atoms. The third-order valence-electron chi connectivity index (χ3n) is 2.44. The molecular formula is C11H20N4O3. The Morgan fingerprint density at radius 2 is 2.22 bits per heavy atom. The van der Waals surface area contributed by atoms with E-state index in [2.05, 4.69) is 10.4 Å². The lowest BCUT2D eigenvalue weighted by atomic mass is 10.4. The molecule has 0 aliphatic rings. The highest BCUT2D eigenvalue weighted by atomic mass is 16.6. The molecule has 1 aromatic rings. The molecular weight excluding hydrogens is 236 g/mol. The summed E-state index contributed by atoms with van der Waals surface area (Å²) >= 11 is 0. The number of aromatic nitrogens is 2. The van der Waals surface area contributed by atoms with E-state index >= 15 is 0 Å². The van der Waals surface area contributed by atoms with Crippen molar-refractivity contribution >= 4 is 5.69 Å². The number of hydrogen-bond donors (Lipinski definition) is 1. The molecule has 0 spiro atoms. The van der Waals surface area contributed by atoms with Crippen LogP contribution in [0.4, 0.5) is 5.69 Å². The van der Waals surface area contributed by atoms with Crippen molar-refractivity contribution in [2.75, 3.05) is 19.7 Å². The number of ether oxygens (including phenoxy) is 1. The number of aryl methyl sites for hydroxylation is 2. The highest BCUT2D eigenvalue weighted by Crippen LogP contribution is 2.30. The molecule has 0 atom stereocenters. The predicted molar refractivity (Wildman–Crippen MR) is 67.9 cm³/mol. The van der Waals surface area contributed by atoms with Gasteiger partial charge in [-0.1, -0.05) is 13.8 Å². The van der Waals surface area contributed by atoms with Gasteiger partial charge in [-0.2, -0.15) is 5.10 Å². The third-order valence-corrected chi connectivity index (χ3v) is 2.44. The summed E-state index contributed by atoms with van der Waals surface area (Å²) < 4.78 is 7.07. The Balaban J connectivity index is 2.86. The van der Waals surface area contributed by atoms with Crippen molar-refractivity contribution in [3.8, 4) is 5.88 Å². The first-order valence-corrected chi connectivity index (χ1v) is 6.17. The molecule has 0 bridgehead atoms. The van der Waals surface area contributed by atoms with Gasteiger partial charge in [-0.05, 0) is 19.9 Å². The van der Waals surface area contributed by atoms with Crippen LogP contribution in [0.3, 0.4) is 0 Å². The number of nitro groups is 1. The second-order valence-corrected chi connectivity index (χ2v) is 3.92. The van der Waals surface area contributed by atoms with Crippen LogP contribution in [0.5, 0.6) is 5.88 Å². The molecule has 0 amide bonds. The van der Waals surface area contributed by atoms with E-state index in [4.69, 9.17) is 4.74 Å². The maximum atomic E-state index is 11.0. The minimum Gasteiger partial charge on any atom is -0.472 e. The van der Waals surface area contributed by atoms with Gasteiger partial charge in [-0.3, -0.25) is 10.1 Å². The van der Waals surface area contributed by atoms with Crippen molar-refractivity contribution in [1.29, 1.82) is 0 Å². The van der Waals surface area contributed by atoms with Crippen molar-refractivity contribution in [1.82, 2.24) is 15.1 Å². The van der Waals surface area contributed by atoms with Gasteiger partial charge < -0.3 is 10.1 Å². The number of nitrogens with one attached hydrogen (secondary N) is 1. The van der Waals surface area contributed by atoms with Crippen LogP contribution in [0.15, 0.2) is 0 Å². The van der Waals surface area contributed by atoms with E-state index in [-0.39, 0.29) is 11.6 Å². The smallest absolute Gasteiger partial charge is 0.353 e. The summed E-state index contributed by atoms with van der Waals surface area (Å²) in [5.41, 5.74) is 0.367. The van der Waals surface area contributed by atoms with E-state index in [1.807, 2.05) is 13.8 Å². The normalized spacial score (nSPS) is 10.6. The van der Waals surface area contributed by atoms with Crippen molar-refractivity contribution in [3.05, 3.63) is 15.8 Å². The summed E-state index contributed by atoms with van der Waals surface area (Å²) in [6, 6.07) is 0. The van der Waals surface area contributed by atoms with Crippen LogP contribution >= 0.6 is 0 Å². The molecule has 1 rings (SSSR count). The van der Waals surface area contributed by atoms with E-state index in [9.17, 15) is 10.1 Å². The van der Waals surface area contributed by atoms with Gasteiger partial charge >= 0.3 is 5.69 Å². The summed E-state index contributed by atoms with van der Waals surface area (Å²) in [7, 11) is 0. The first kappa shape index (κ1) is 14.4. The van der Waals surface area contributed by atoms with Crippen LogP contribution in [0.2, 0.25) is 0 Å². The standard InChI is InChI=1S/C11H20N4O3/c1-4-7-14-11(18-8-6-12-5-2)10(15(16)17)9(3)13-14/h12H,4-8H2,1-3H3. The Bertz CT molecular complexity index is 403. The fraction of sp³-hybridized carbons (Fsp3) is 0.727. The van der Waals surface area contributed by atoms with E-state index in [1.165, 1.54) is 0 Å². The maximum Gasteiger partial charge on any atom is 0.353 e. The van der Waals surface area contributed by atoms with Gasteiger partial charge in [0, 0.05) is 13.1 Å². The molecule has 0 unspecified atom stereocenters. The molecule has 7 heteroatoms. The number of likely N-dealkylation sites (N-methyl/N-ethyl adjacent to an activating group) is 1. The molecule has 1 N–H and O–H groups in total. The quantitative estimate of drug-likeness (QED) is 0.433. The van der Waals surface area contributed by atoms with Crippen molar-refractivity contribution in [2.24, 2.45) is 0 Å². The summed E-state index contributed by atoms with van der Waals surface area (Å²) in [6.07, 6.45) is 0.849. The molecule has 0 aliphatic heterocycles. The Hall–Kier alpha value is -1.63. The second-order valence-electron chi connectivity index (χ2n) is 3.92. The van der Waals surface area contributed by atoms with Crippen LogP contribution in [0, 0.1) is 17.0 Å². The summed E-state index contributed by atoms with van der Waals surface area (Å²) in [5.74, 6) is 0.261. The molecule has 1 aromatic heterocycles. The van der Waals surface area contributed by atoms with Gasteiger partial charge in [0.2, 0.25) is 0 Å². The topological polar surface area (TPSA) is 82.2 Å². The van der Waals surface area contributed by atoms with Crippen LogP contribution < -0.4 is 10.1 Å². The van der Waals surface area contributed by atoms with Crippen molar-refractivity contribution in [2.45, 2.75) is 33.7 Å². The molecule has 7 nitrogen and oxygen atoms in total. The molecule has 0 fully saturated rings. The molecule has 0 saturated heterocycles. The predicted octanol–water partition coefficient (Wildman–Crippen LogP) is 1.50. The second kappa shape index (κ2) is 6.95.